The number of aromatic nitrogens is 2. The molecular weight excluding hydrogens is 492 g/mol. The summed E-state index contributed by atoms with van der Waals surface area (Å²) >= 11 is 0. The second kappa shape index (κ2) is 14.4. The van der Waals surface area contributed by atoms with Gasteiger partial charge >= 0.3 is 6.09 Å². The number of carbonyl (C=O) groups is 1. The molecule has 3 atom stereocenters. The highest BCUT2D eigenvalue weighted by Crippen LogP contribution is 2.19. The lowest BCUT2D eigenvalue weighted by molar-refractivity contribution is 0.0882. The van der Waals surface area contributed by atoms with E-state index < -0.39 is 29.2 Å². The number of benzene rings is 2. The van der Waals surface area contributed by atoms with Gasteiger partial charge < -0.3 is 19.9 Å². The summed E-state index contributed by atoms with van der Waals surface area (Å²) in [6, 6.07) is 15.9. The molecule has 198 valence electrons. The molecular formula is C27H34N4O5S. The number of alkyl carbamates (subject to hydrolysis) is 1. The maximum absolute atomic E-state index is 13.4. The minimum absolute atomic E-state index is 0.00177. The van der Waals surface area contributed by atoms with Gasteiger partial charge in [0, 0.05) is 31.0 Å². The quantitative estimate of drug-likeness (QED) is 0.351. The zero-order chi connectivity index (χ0) is 26.6. The first kappa shape index (κ1) is 28.2. The van der Waals surface area contributed by atoms with Gasteiger partial charge in [-0.05, 0) is 42.2 Å². The fraction of sp³-hybridized carbons (Fsp3) is 0.370. The molecule has 10 heteroatoms. The van der Waals surface area contributed by atoms with Crippen LogP contribution in [0.4, 0.5) is 4.79 Å². The molecule has 3 aromatic rings. The smallest absolute Gasteiger partial charge is 0.407 e. The second-order valence-electron chi connectivity index (χ2n) is 9.00. The Bertz CT molecular complexity index is 1120. The third kappa shape index (κ3) is 9.23. The van der Waals surface area contributed by atoms with Crippen LogP contribution in [-0.4, -0.2) is 62.0 Å². The fourth-order valence-electron chi connectivity index (χ4n) is 3.69. The molecule has 1 heterocycles. The average Bonchev–Trinajstić information content (AvgIpc) is 2.91. The summed E-state index contributed by atoms with van der Waals surface area (Å²) in [6.45, 7) is 4.62. The average molecular weight is 527 g/mol. The van der Waals surface area contributed by atoms with E-state index in [-0.39, 0.29) is 19.1 Å². The van der Waals surface area contributed by atoms with Gasteiger partial charge in [0.05, 0.1) is 24.2 Å². The molecule has 3 rings (SSSR count). The van der Waals surface area contributed by atoms with Gasteiger partial charge in [-0.3, -0.25) is 0 Å². The van der Waals surface area contributed by atoms with E-state index in [1.807, 2.05) is 44.2 Å². The van der Waals surface area contributed by atoms with Crippen molar-refractivity contribution in [2.45, 2.75) is 43.9 Å². The number of nitrogens with zero attached hydrogens (tertiary/aromatic N) is 3. The highest BCUT2D eigenvalue weighted by Gasteiger charge is 2.28. The van der Waals surface area contributed by atoms with Gasteiger partial charge in [-0.15, -0.1) is 0 Å². The molecule has 37 heavy (non-hydrogen) atoms. The second-order valence-corrected chi connectivity index (χ2v) is 10.5. The molecule has 1 amide bonds. The molecule has 0 bridgehead atoms. The van der Waals surface area contributed by atoms with Crippen LogP contribution >= 0.6 is 0 Å². The molecule has 2 aromatic carbocycles. The number of nitrogens with one attached hydrogen (secondary N) is 1. The molecule has 0 aliphatic carbocycles. The van der Waals surface area contributed by atoms with Crippen molar-refractivity contribution in [3.63, 3.8) is 0 Å². The van der Waals surface area contributed by atoms with E-state index in [1.165, 1.54) is 6.33 Å². The van der Waals surface area contributed by atoms with Crippen LogP contribution in [-0.2, 0) is 28.8 Å². The number of aliphatic hydroxyl groups is 1. The van der Waals surface area contributed by atoms with Gasteiger partial charge in [0.2, 0.25) is 0 Å². The molecule has 0 fully saturated rings. The normalized spacial score (nSPS) is 13.7. The first-order valence-corrected chi connectivity index (χ1v) is 13.2. The molecule has 0 saturated heterocycles. The van der Waals surface area contributed by atoms with Crippen molar-refractivity contribution in [1.82, 2.24) is 19.6 Å². The van der Waals surface area contributed by atoms with Crippen molar-refractivity contribution in [1.29, 1.82) is 0 Å². The van der Waals surface area contributed by atoms with Crippen LogP contribution in [0.25, 0.3) is 0 Å². The minimum Gasteiger partial charge on any atom is -0.497 e. The van der Waals surface area contributed by atoms with Gasteiger partial charge in [0.15, 0.2) is 0 Å². The summed E-state index contributed by atoms with van der Waals surface area (Å²) in [4.78, 5) is 21.1. The molecule has 0 saturated carbocycles. The lowest BCUT2D eigenvalue weighted by Gasteiger charge is -2.30. The van der Waals surface area contributed by atoms with E-state index in [0.717, 1.165) is 5.56 Å². The number of aliphatic hydroxyl groups excluding tert-OH is 1. The molecule has 0 spiro atoms. The molecule has 0 radical (unpaired) electrons. The Morgan fingerprint density at radius 1 is 1.03 bits per heavy atom. The maximum Gasteiger partial charge on any atom is 0.407 e. The Balaban J connectivity index is 1.73. The molecule has 1 unspecified atom stereocenters. The van der Waals surface area contributed by atoms with Gasteiger partial charge in [0.1, 0.15) is 29.7 Å². The van der Waals surface area contributed by atoms with E-state index >= 15 is 0 Å². The number of methoxy groups -OCH3 is 1. The highest BCUT2D eigenvalue weighted by molar-refractivity contribution is 7.82. The van der Waals surface area contributed by atoms with E-state index in [4.69, 9.17) is 9.47 Å². The molecule has 0 aliphatic heterocycles. The van der Waals surface area contributed by atoms with E-state index in [1.54, 1.807) is 48.1 Å². The van der Waals surface area contributed by atoms with Gasteiger partial charge in [-0.1, -0.05) is 44.2 Å². The molecule has 2 N–H and O–H groups in total. The van der Waals surface area contributed by atoms with Crippen LogP contribution < -0.4 is 10.1 Å². The summed E-state index contributed by atoms with van der Waals surface area (Å²) in [5.41, 5.74) is 1.59. The summed E-state index contributed by atoms with van der Waals surface area (Å²) in [5.74, 6) is 0.872. The summed E-state index contributed by atoms with van der Waals surface area (Å²) in [6.07, 6.45) is 3.21. The van der Waals surface area contributed by atoms with E-state index in [9.17, 15) is 14.1 Å². The zero-order valence-corrected chi connectivity index (χ0v) is 22.1. The van der Waals surface area contributed by atoms with Crippen molar-refractivity contribution < 1.29 is 23.6 Å². The predicted molar refractivity (Wildman–Crippen MR) is 141 cm³/mol. The predicted octanol–water partition coefficient (Wildman–Crippen LogP) is 3.36. The van der Waals surface area contributed by atoms with E-state index in [0.29, 0.717) is 29.2 Å². The van der Waals surface area contributed by atoms with Gasteiger partial charge in [0.25, 0.3) is 0 Å². The maximum atomic E-state index is 13.4. The topological polar surface area (TPSA) is 114 Å². The monoisotopic (exact) mass is 526 g/mol. The van der Waals surface area contributed by atoms with Crippen molar-refractivity contribution in [2.75, 3.05) is 20.2 Å². The van der Waals surface area contributed by atoms with Crippen LogP contribution in [0.3, 0.4) is 0 Å². The Labute approximate surface area is 220 Å². The van der Waals surface area contributed by atoms with Crippen LogP contribution in [0.1, 0.15) is 25.0 Å². The van der Waals surface area contributed by atoms with Crippen LogP contribution in [0.5, 0.6) is 5.75 Å². The van der Waals surface area contributed by atoms with Crippen molar-refractivity contribution in [3.8, 4) is 5.75 Å². The molecule has 0 aliphatic rings. The summed E-state index contributed by atoms with van der Waals surface area (Å²) < 4.78 is 25.7. The molecule has 9 nitrogen and oxygen atoms in total. The Kier molecular flexibility index (Phi) is 11.0. The lowest BCUT2D eigenvalue weighted by Crippen LogP contribution is -2.50. The number of hydrogen-bond donors (Lipinski definition) is 2. The largest absolute Gasteiger partial charge is 0.497 e. The first-order valence-electron chi connectivity index (χ1n) is 12.1. The molecule has 1 aromatic heterocycles. The first-order chi connectivity index (χ1) is 17.9. The Hall–Kier alpha value is -3.34. The number of hydrogen-bond acceptors (Lipinski definition) is 7. The number of rotatable bonds is 13. The SMILES string of the molecule is COc1ccc(S(=O)N(CC(C)C)C[C@@H](O)[C@H](Cc2ccccc2)NC(=O)OCc2cncnc2)cc1. The van der Waals surface area contributed by atoms with Crippen molar-refractivity contribution >= 4 is 17.1 Å². The minimum atomic E-state index is -1.52. The van der Waals surface area contributed by atoms with E-state index in [2.05, 4.69) is 15.3 Å². The third-order valence-corrected chi connectivity index (χ3v) is 6.95. The summed E-state index contributed by atoms with van der Waals surface area (Å²) in [7, 11) is 0.0586. The number of carbonyl (C=O) groups excluding carboxylic acids is 1. The third-order valence-electron chi connectivity index (χ3n) is 5.51. The highest BCUT2D eigenvalue weighted by atomic mass is 32.2. The summed E-state index contributed by atoms with van der Waals surface area (Å²) in [5, 5.41) is 14.1. The number of ether oxygens (including phenoxy) is 2. The van der Waals surface area contributed by atoms with Gasteiger partial charge in [-0.2, -0.15) is 0 Å². The van der Waals surface area contributed by atoms with Crippen LogP contribution in [0, 0.1) is 5.92 Å². The lowest BCUT2D eigenvalue weighted by atomic mass is 10.0. The van der Waals surface area contributed by atoms with Crippen LogP contribution in [0.2, 0.25) is 0 Å². The van der Waals surface area contributed by atoms with Crippen LogP contribution in [0.15, 0.2) is 78.2 Å². The zero-order valence-electron chi connectivity index (χ0n) is 21.3. The number of amides is 1. The van der Waals surface area contributed by atoms with Gasteiger partial charge in [-0.25, -0.2) is 23.3 Å². The Morgan fingerprint density at radius 3 is 2.32 bits per heavy atom. The Morgan fingerprint density at radius 2 is 1.70 bits per heavy atom. The van der Waals surface area contributed by atoms with Crippen molar-refractivity contribution in [3.05, 3.63) is 84.4 Å². The van der Waals surface area contributed by atoms with Crippen molar-refractivity contribution in [2.24, 2.45) is 5.92 Å². The fourth-order valence-corrected chi connectivity index (χ4v) is 5.08. The standard InChI is InChI=1S/C27H34N4O5S/c1-20(2)16-31(37(34)24-11-9-23(35-3)10-12-24)17-26(32)25(13-21-7-5-4-6-8-21)30-27(33)36-18-22-14-28-19-29-15-22/h4-12,14-15,19-20,25-26,32H,13,16-18H2,1-3H3,(H,30,33)/t25-,26+,37?/m0/s1.